The van der Waals surface area contributed by atoms with Crippen LogP contribution in [0.1, 0.15) is 30.7 Å². The summed E-state index contributed by atoms with van der Waals surface area (Å²) in [7, 11) is 1.66. The van der Waals surface area contributed by atoms with Crippen LogP contribution in [0.4, 0.5) is 14.6 Å². The van der Waals surface area contributed by atoms with Gasteiger partial charge in [-0.3, -0.25) is 4.79 Å². The standard InChI is InChI=1S/C19H18ClF2N7O/c1-29-27-17(26-28-29)12-4-2-11(3-5-12)16(13-6-7-19(21,22)8-13)18(30)25-15-10-23-14(20)9-24-15/h2-5,9-10,13,16H,6-8H2,1H3,(H,24,25,30)/t13-,16+/m0/s1. The molecule has 1 aliphatic carbocycles. The van der Waals surface area contributed by atoms with Gasteiger partial charge in [-0.05, 0) is 23.1 Å². The molecule has 0 aliphatic heterocycles. The second kappa shape index (κ2) is 8.02. The summed E-state index contributed by atoms with van der Waals surface area (Å²) in [5.41, 5.74) is 1.34. The Morgan fingerprint density at radius 1 is 1.27 bits per heavy atom. The molecule has 1 amide bonds. The molecule has 1 aliphatic rings. The molecule has 1 N–H and O–H groups in total. The van der Waals surface area contributed by atoms with E-state index in [0.29, 0.717) is 17.0 Å². The van der Waals surface area contributed by atoms with Crippen molar-refractivity contribution in [3.8, 4) is 11.4 Å². The average molecular weight is 434 g/mol. The van der Waals surface area contributed by atoms with Crippen LogP contribution in [0.15, 0.2) is 36.7 Å². The fourth-order valence-corrected chi connectivity index (χ4v) is 3.82. The molecule has 156 valence electrons. The minimum atomic E-state index is -2.77. The molecule has 2 aromatic heterocycles. The van der Waals surface area contributed by atoms with Crippen molar-refractivity contribution in [3.63, 3.8) is 0 Å². The number of alkyl halides is 2. The zero-order chi connectivity index (χ0) is 21.3. The molecule has 0 unspecified atom stereocenters. The van der Waals surface area contributed by atoms with Crippen LogP contribution in [0.5, 0.6) is 0 Å². The number of aryl methyl sites for hydroxylation is 1. The number of nitrogens with zero attached hydrogens (tertiary/aromatic N) is 6. The van der Waals surface area contributed by atoms with Gasteiger partial charge in [-0.1, -0.05) is 35.9 Å². The van der Waals surface area contributed by atoms with Crippen LogP contribution in [0, 0.1) is 5.92 Å². The van der Waals surface area contributed by atoms with E-state index in [0.717, 1.165) is 0 Å². The number of amides is 1. The topological polar surface area (TPSA) is 98.5 Å². The van der Waals surface area contributed by atoms with Gasteiger partial charge in [0.25, 0.3) is 0 Å². The van der Waals surface area contributed by atoms with Crippen molar-refractivity contribution in [1.29, 1.82) is 0 Å². The number of rotatable bonds is 5. The molecular weight excluding hydrogens is 416 g/mol. The van der Waals surface area contributed by atoms with Crippen LogP contribution in [-0.2, 0) is 11.8 Å². The zero-order valence-corrected chi connectivity index (χ0v) is 16.7. The molecule has 2 atom stereocenters. The Morgan fingerprint density at radius 2 is 2.03 bits per heavy atom. The molecular formula is C19H18ClF2N7O. The van der Waals surface area contributed by atoms with E-state index in [1.165, 1.54) is 17.2 Å². The third-order valence-electron chi connectivity index (χ3n) is 5.10. The van der Waals surface area contributed by atoms with E-state index in [1.54, 1.807) is 31.3 Å². The highest BCUT2D eigenvalue weighted by atomic mass is 35.5. The summed E-state index contributed by atoms with van der Waals surface area (Å²) in [6.45, 7) is 0. The Hall–Kier alpha value is -3.01. The number of carbonyl (C=O) groups excluding carboxylic acids is 1. The van der Waals surface area contributed by atoms with Gasteiger partial charge >= 0.3 is 0 Å². The predicted molar refractivity (Wildman–Crippen MR) is 105 cm³/mol. The second-order valence-corrected chi connectivity index (χ2v) is 7.66. The van der Waals surface area contributed by atoms with E-state index >= 15 is 0 Å². The van der Waals surface area contributed by atoms with Gasteiger partial charge in [-0.15, -0.1) is 10.2 Å². The van der Waals surface area contributed by atoms with Gasteiger partial charge in [-0.2, -0.15) is 4.80 Å². The molecule has 4 rings (SSSR count). The number of benzene rings is 1. The monoisotopic (exact) mass is 433 g/mol. The maximum atomic E-state index is 13.9. The van der Waals surface area contributed by atoms with Gasteiger partial charge in [0.15, 0.2) is 5.82 Å². The maximum absolute atomic E-state index is 13.9. The smallest absolute Gasteiger partial charge is 0.248 e. The lowest BCUT2D eigenvalue weighted by Gasteiger charge is -2.23. The normalized spacial score (nSPS) is 18.9. The first-order chi connectivity index (χ1) is 14.3. The molecule has 1 aromatic carbocycles. The Bertz CT molecular complexity index is 1040. The number of hydrogen-bond donors (Lipinski definition) is 1. The van der Waals surface area contributed by atoms with Crippen molar-refractivity contribution >= 4 is 23.3 Å². The maximum Gasteiger partial charge on any atom is 0.248 e. The number of nitrogens with one attached hydrogen (secondary N) is 1. The van der Waals surface area contributed by atoms with Crippen LogP contribution < -0.4 is 5.32 Å². The third kappa shape index (κ3) is 4.43. The largest absolute Gasteiger partial charge is 0.309 e. The van der Waals surface area contributed by atoms with E-state index in [-0.39, 0.29) is 30.2 Å². The van der Waals surface area contributed by atoms with Crippen molar-refractivity contribution < 1.29 is 13.6 Å². The number of anilines is 1. The quantitative estimate of drug-likeness (QED) is 0.661. The van der Waals surface area contributed by atoms with Gasteiger partial charge in [0.05, 0.1) is 25.4 Å². The van der Waals surface area contributed by atoms with Crippen LogP contribution in [0.3, 0.4) is 0 Å². The Morgan fingerprint density at radius 3 is 2.60 bits per heavy atom. The summed E-state index contributed by atoms with van der Waals surface area (Å²) in [5, 5.41) is 14.7. The van der Waals surface area contributed by atoms with Crippen molar-refractivity contribution in [2.24, 2.45) is 13.0 Å². The van der Waals surface area contributed by atoms with Crippen LogP contribution >= 0.6 is 11.6 Å². The predicted octanol–water partition coefficient (Wildman–Crippen LogP) is 3.48. The minimum Gasteiger partial charge on any atom is -0.309 e. The van der Waals surface area contributed by atoms with E-state index in [4.69, 9.17) is 11.6 Å². The fraction of sp³-hybridized carbons (Fsp3) is 0.368. The van der Waals surface area contributed by atoms with E-state index in [9.17, 15) is 13.6 Å². The lowest BCUT2D eigenvalue weighted by atomic mass is 9.83. The highest BCUT2D eigenvalue weighted by Gasteiger charge is 2.45. The molecule has 1 saturated carbocycles. The summed E-state index contributed by atoms with van der Waals surface area (Å²) < 4.78 is 27.8. The molecule has 1 fully saturated rings. The first-order valence-corrected chi connectivity index (χ1v) is 9.69. The zero-order valence-electron chi connectivity index (χ0n) is 16.0. The van der Waals surface area contributed by atoms with Gasteiger partial charge in [0, 0.05) is 18.4 Å². The van der Waals surface area contributed by atoms with Gasteiger partial charge in [0.1, 0.15) is 5.15 Å². The molecule has 0 bridgehead atoms. The van der Waals surface area contributed by atoms with E-state index < -0.39 is 23.7 Å². The number of halogens is 3. The number of carbonyl (C=O) groups is 1. The SMILES string of the molecule is Cn1nnc(-c2ccc([C@@H](C(=O)Nc3cnc(Cl)cn3)[C@H]3CCC(F)(F)C3)cc2)n1. The van der Waals surface area contributed by atoms with Gasteiger partial charge < -0.3 is 5.32 Å². The summed E-state index contributed by atoms with van der Waals surface area (Å²) in [5.74, 6) is -3.80. The second-order valence-electron chi connectivity index (χ2n) is 7.27. The Kier molecular flexibility index (Phi) is 5.42. The Balaban J connectivity index is 1.61. The fourth-order valence-electron chi connectivity index (χ4n) is 3.73. The highest BCUT2D eigenvalue weighted by Crippen LogP contribution is 2.45. The average Bonchev–Trinajstić information content (AvgIpc) is 3.29. The molecule has 0 spiro atoms. The molecule has 30 heavy (non-hydrogen) atoms. The summed E-state index contributed by atoms with van der Waals surface area (Å²) >= 11 is 5.72. The van der Waals surface area contributed by atoms with E-state index in [1.807, 2.05) is 0 Å². The number of tetrazole rings is 1. The van der Waals surface area contributed by atoms with Gasteiger partial charge in [-0.25, -0.2) is 18.7 Å². The molecule has 0 saturated heterocycles. The van der Waals surface area contributed by atoms with Crippen LogP contribution in [-0.4, -0.2) is 42.0 Å². The van der Waals surface area contributed by atoms with Crippen LogP contribution in [0.25, 0.3) is 11.4 Å². The molecule has 11 heteroatoms. The highest BCUT2D eigenvalue weighted by molar-refractivity contribution is 6.29. The first kappa shape index (κ1) is 20.3. The first-order valence-electron chi connectivity index (χ1n) is 9.31. The van der Waals surface area contributed by atoms with E-state index in [2.05, 4.69) is 30.7 Å². The van der Waals surface area contributed by atoms with Crippen LogP contribution in [0.2, 0.25) is 5.15 Å². The minimum absolute atomic E-state index is 0.188. The molecule has 8 nitrogen and oxygen atoms in total. The summed E-state index contributed by atoms with van der Waals surface area (Å²) in [4.78, 5) is 22.3. The van der Waals surface area contributed by atoms with Crippen molar-refractivity contribution in [1.82, 2.24) is 30.2 Å². The number of aromatic nitrogens is 6. The number of hydrogen-bond acceptors (Lipinski definition) is 6. The van der Waals surface area contributed by atoms with Crippen molar-refractivity contribution in [2.75, 3.05) is 5.32 Å². The van der Waals surface area contributed by atoms with Crippen molar-refractivity contribution in [3.05, 3.63) is 47.4 Å². The lowest BCUT2D eigenvalue weighted by molar-refractivity contribution is -0.118. The lowest BCUT2D eigenvalue weighted by Crippen LogP contribution is -2.28. The molecule has 0 radical (unpaired) electrons. The molecule has 3 aromatic rings. The van der Waals surface area contributed by atoms with Gasteiger partial charge in [0.2, 0.25) is 17.7 Å². The third-order valence-corrected chi connectivity index (χ3v) is 5.30. The molecule has 2 heterocycles. The summed E-state index contributed by atoms with van der Waals surface area (Å²) in [6, 6.07) is 6.98. The van der Waals surface area contributed by atoms with Crippen molar-refractivity contribution in [2.45, 2.75) is 31.1 Å². The Labute approximate surface area is 175 Å². The summed E-state index contributed by atoms with van der Waals surface area (Å²) in [6.07, 6.45) is 2.31.